The number of carboxylic acids is 1. The van der Waals surface area contributed by atoms with Crippen LogP contribution in [0.25, 0.3) is 0 Å². The number of rotatable bonds is 3. The van der Waals surface area contributed by atoms with E-state index in [1.54, 1.807) is 24.3 Å². The maximum absolute atomic E-state index is 10.3. The van der Waals surface area contributed by atoms with Crippen molar-refractivity contribution >= 4 is 29.2 Å². The normalized spacial score (nSPS) is 12.5. The van der Waals surface area contributed by atoms with Gasteiger partial charge in [-0.15, -0.1) is 11.6 Å². The molecular formula is C9H8Cl2O2. The van der Waals surface area contributed by atoms with Crippen LogP contribution in [0.2, 0.25) is 5.02 Å². The topological polar surface area (TPSA) is 37.3 Å². The average molecular weight is 219 g/mol. The zero-order chi connectivity index (χ0) is 9.84. The van der Waals surface area contributed by atoms with Crippen molar-refractivity contribution < 1.29 is 9.90 Å². The summed E-state index contributed by atoms with van der Waals surface area (Å²) in [5.41, 5.74) is 0.772. The van der Waals surface area contributed by atoms with Gasteiger partial charge in [-0.2, -0.15) is 0 Å². The van der Waals surface area contributed by atoms with Gasteiger partial charge in [0.2, 0.25) is 0 Å². The van der Waals surface area contributed by atoms with Crippen LogP contribution in [-0.2, 0) is 4.79 Å². The third-order valence-corrected chi connectivity index (χ3v) is 2.24. The molecule has 0 saturated heterocycles. The third-order valence-electron chi connectivity index (χ3n) is 1.59. The maximum Gasteiger partial charge on any atom is 0.305 e. The second-order valence-electron chi connectivity index (χ2n) is 2.62. The molecule has 1 atom stereocenters. The van der Waals surface area contributed by atoms with Crippen LogP contribution >= 0.6 is 23.2 Å². The monoisotopic (exact) mass is 218 g/mol. The summed E-state index contributed by atoms with van der Waals surface area (Å²) in [5.74, 6) is -0.907. The van der Waals surface area contributed by atoms with Crippen LogP contribution < -0.4 is 0 Å². The van der Waals surface area contributed by atoms with Gasteiger partial charge in [-0.3, -0.25) is 4.79 Å². The van der Waals surface area contributed by atoms with Crippen molar-refractivity contribution in [1.29, 1.82) is 0 Å². The second kappa shape index (κ2) is 4.49. The molecular weight excluding hydrogens is 211 g/mol. The molecule has 0 saturated carbocycles. The molecule has 1 aromatic carbocycles. The first-order valence-corrected chi connectivity index (χ1v) is 4.52. The van der Waals surface area contributed by atoms with Crippen molar-refractivity contribution in [3.05, 3.63) is 34.9 Å². The highest BCUT2D eigenvalue weighted by Gasteiger charge is 2.11. The van der Waals surface area contributed by atoms with E-state index in [1.165, 1.54) is 0 Å². The Morgan fingerprint density at radius 1 is 1.38 bits per heavy atom. The van der Waals surface area contributed by atoms with Gasteiger partial charge < -0.3 is 5.11 Å². The summed E-state index contributed by atoms with van der Waals surface area (Å²) in [6.07, 6.45) is -0.0802. The van der Waals surface area contributed by atoms with Gasteiger partial charge in [0.25, 0.3) is 0 Å². The molecule has 70 valence electrons. The number of hydrogen-bond donors (Lipinski definition) is 1. The van der Waals surface area contributed by atoms with Gasteiger partial charge in [-0.05, 0) is 17.7 Å². The fraction of sp³-hybridized carbons (Fsp3) is 0.222. The summed E-state index contributed by atoms with van der Waals surface area (Å²) in [6.45, 7) is 0. The molecule has 1 N–H and O–H groups in total. The summed E-state index contributed by atoms with van der Waals surface area (Å²) in [5, 5.41) is 8.61. The minimum atomic E-state index is -0.907. The lowest BCUT2D eigenvalue weighted by molar-refractivity contribution is -0.137. The Labute approximate surface area is 86.1 Å². The number of hydrogen-bond acceptors (Lipinski definition) is 1. The molecule has 0 fully saturated rings. The van der Waals surface area contributed by atoms with Gasteiger partial charge in [-0.1, -0.05) is 23.7 Å². The summed E-state index contributed by atoms with van der Waals surface area (Å²) in [4.78, 5) is 10.3. The maximum atomic E-state index is 10.3. The van der Waals surface area contributed by atoms with Crippen LogP contribution in [-0.4, -0.2) is 11.1 Å². The zero-order valence-electron chi connectivity index (χ0n) is 6.71. The van der Waals surface area contributed by atoms with E-state index in [2.05, 4.69) is 0 Å². The Kier molecular flexibility index (Phi) is 3.58. The highest BCUT2D eigenvalue weighted by Crippen LogP contribution is 2.25. The fourth-order valence-electron chi connectivity index (χ4n) is 0.943. The molecule has 0 amide bonds. The first kappa shape index (κ1) is 10.4. The van der Waals surface area contributed by atoms with Crippen molar-refractivity contribution in [3.63, 3.8) is 0 Å². The van der Waals surface area contributed by atoms with Crippen molar-refractivity contribution in [2.75, 3.05) is 0 Å². The Hall–Kier alpha value is -0.730. The van der Waals surface area contributed by atoms with Gasteiger partial charge in [0.05, 0.1) is 11.8 Å². The SMILES string of the molecule is O=C(O)C[C@@H](Cl)c1ccc(Cl)cc1. The number of aliphatic carboxylic acids is 1. The number of benzene rings is 1. The molecule has 0 radical (unpaired) electrons. The molecule has 0 aromatic heterocycles. The van der Waals surface area contributed by atoms with E-state index in [9.17, 15) is 4.79 Å². The molecule has 1 rings (SSSR count). The van der Waals surface area contributed by atoms with Gasteiger partial charge in [0.1, 0.15) is 0 Å². The van der Waals surface area contributed by atoms with E-state index in [1.807, 2.05) is 0 Å². The van der Waals surface area contributed by atoms with Gasteiger partial charge in [0, 0.05) is 5.02 Å². The summed E-state index contributed by atoms with van der Waals surface area (Å²) in [7, 11) is 0. The highest BCUT2D eigenvalue weighted by molar-refractivity contribution is 6.30. The molecule has 0 aliphatic heterocycles. The fourth-order valence-corrected chi connectivity index (χ4v) is 1.35. The standard InChI is InChI=1S/C9H8Cl2O2/c10-7-3-1-6(2-4-7)8(11)5-9(12)13/h1-4,8H,5H2,(H,12,13)/t8-/m1/s1. The number of carboxylic acid groups (broad SMARTS) is 1. The van der Waals surface area contributed by atoms with Crippen LogP contribution in [0, 0.1) is 0 Å². The molecule has 0 bridgehead atoms. The predicted octanol–water partition coefficient (Wildman–Crippen LogP) is 3.09. The summed E-state index contributed by atoms with van der Waals surface area (Å²) < 4.78 is 0. The number of halogens is 2. The van der Waals surface area contributed by atoms with E-state index in [-0.39, 0.29) is 6.42 Å². The summed E-state index contributed by atoms with van der Waals surface area (Å²) in [6, 6.07) is 6.83. The average Bonchev–Trinajstić information content (AvgIpc) is 2.04. The Morgan fingerprint density at radius 2 is 1.92 bits per heavy atom. The lowest BCUT2D eigenvalue weighted by Gasteiger charge is -2.06. The van der Waals surface area contributed by atoms with Crippen LogP contribution in [0.3, 0.4) is 0 Å². The first-order chi connectivity index (χ1) is 6.09. The Bertz CT molecular complexity index is 295. The van der Waals surface area contributed by atoms with Crippen LogP contribution in [0.1, 0.15) is 17.4 Å². The van der Waals surface area contributed by atoms with Crippen molar-refractivity contribution in [3.8, 4) is 0 Å². The largest absolute Gasteiger partial charge is 0.481 e. The highest BCUT2D eigenvalue weighted by atomic mass is 35.5. The molecule has 4 heteroatoms. The molecule has 1 aromatic rings. The van der Waals surface area contributed by atoms with Crippen LogP contribution in [0.5, 0.6) is 0 Å². The zero-order valence-corrected chi connectivity index (χ0v) is 8.22. The molecule has 0 spiro atoms. The van der Waals surface area contributed by atoms with E-state index in [0.717, 1.165) is 5.56 Å². The molecule has 0 unspecified atom stereocenters. The smallest absolute Gasteiger partial charge is 0.305 e. The minimum absolute atomic E-state index is 0.0802. The van der Waals surface area contributed by atoms with Gasteiger partial charge >= 0.3 is 5.97 Å². The van der Waals surface area contributed by atoms with Crippen LogP contribution in [0.4, 0.5) is 0 Å². The first-order valence-electron chi connectivity index (χ1n) is 3.71. The predicted molar refractivity (Wildman–Crippen MR) is 52.3 cm³/mol. The second-order valence-corrected chi connectivity index (χ2v) is 3.58. The molecule has 0 heterocycles. The van der Waals surface area contributed by atoms with Gasteiger partial charge in [0.15, 0.2) is 0 Å². The summed E-state index contributed by atoms with van der Waals surface area (Å²) >= 11 is 11.5. The van der Waals surface area contributed by atoms with E-state index >= 15 is 0 Å². The van der Waals surface area contributed by atoms with Gasteiger partial charge in [-0.25, -0.2) is 0 Å². The Balaban J connectivity index is 2.71. The van der Waals surface area contributed by atoms with E-state index in [4.69, 9.17) is 28.3 Å². The lowest BCUT2D eigenvalue weighted by atomic mass is 10.1. The molecule has 13 heavy (non-hydrogen) atoms. The molecule has 0 aliphatic rings. The van der Waals surface area contributed by atoms with Crippen molar-refractivity contribution in [2.45, 2.75) is 11.8 Å². The van der Waals surface area contributed by atoms with Crippen molar-refractivity contribution in [1.82, 2.24) is 0 Å². The number of alkyl halides is 1. The van der Waals surface area contributed by atoms with Crippen LogP contribution in [0.15, 0.2) is 24.3 Å². The van der Waals surface area contributed by atoms with Crippen molar-refractivity contribution in [2.24, 2.45) is 0 Å². The third kappa shape index (κ3) is 3.25. The Morgan fingerprint density at radius 3 is 2.38 bits per heavy atom. The molecule has 0 aliphatic carbocycles. The minimum Gasteiger partial charge on any atom is -0.481 e. The quantitative estimate of drug-likeness (QED) is 0.793. The molecule has 2 nitrogen and oxygen atoms in total. The number of carbonyl (C=O) groups is 1. The van der Waals surface area contributed by atoms with E-state index < -0.39 is 11.3 Å². The lowest BCUT2D eigenvalue weighted by Crippen LogP contribution is -2.00. The van der Waals surface area contributed by atoms with E-state index in [0.29, 0.717) is 5.02 Å².